The van der Waals surface area contributed by atoms with Crippen molar-refractivity contribution in [2.24, 2.45) is 11.7 Å². The van der Waals surface area contributed by atoms with Crippen molar-refractivity contribution in [3.8, 4) is 0 Å². The molecule has 9 nitrogen and oxygen atoms in total. The number of nitrogens with one attached hydrogen (secondary N) is 1. The van der Waals surface area contributed by atoms with Gasteiger partial charge < -0.3 is 19.8 Å². The maximum Gasteiger partial charge on any atom is 0.255 e. The van der Waals surface area contributed by atoms with E-state index in [-0.39, 0.29) is 41.6 Å². The minimum atomic E-state index is -0.874. The number of rotatable bonds is 7. The number of methoxy groups -OCH3 is 1. The average molecular weight is 351 g/mol. The van der Waals surface area contributed by atoms with Gasteiger partial charge in [0.15, 0.2) is 5.78 Å². The van der Waals surface area contributed by atoms with Gasteiger partial charge in [0.2, 0.25) is 17.7 Å². The van der Waals surface area contributed by atoms with E-state index in [0.29, 0.717) is 13.2 Å². The maximum absolute atomic E-state index is 12.4. The van der Waals surface area contributed by atoms with Gasteiger partial charge in [-0.25, -0.2) is 0 Å². The first kappa shape index (κ1) is 18.7. The van der Waals surface area contributed by atoms with Crippen LogP contribution in [0.3, 0.4) is 0 Å². The third-order valence-corrected chi connectivity index (χ3v) is 4.07. The molecule has 2 rings (SSSR count). The van der Waals surface area contributed by atoms with Crippen LogP contribution in [-0.4, -0.2) is 55.2 Å². The second kappa shape index (κ2) is 7.47. The molecule has 1 unspecified atom stereocenters. The number of hydrogen-bond acceptors (Lipinski definition) is 6. The number of nitrogens with zero attached hydrogens (tertiary/aromatic N) is 1. The molecule has 0 aromatic carbocycles. The summed E-state index contributed by atoms with van der Waals surface area (Å²) in [6.45, 7) is 3.81. The monoisotopic (exact) mass is 351 g/mol. The van der Waals surface area contributed by atoms with Crippen molar-refractivity contribution in [1.82, 2.24) is 4.90 Å². The zero-order valence-electron chi connectivity index (χ0n) is 14.4. The number of likely N-dealkylation sites (tertiary alicyclic amines) is 1. The fourth-order valence-corrected chi connectivity index (χ4v) is 2.87. The van der Waals surface area contributed by atoms with E-state index in [0.717, 1.165) is 0 Å². The van der Waals surface area contributed by atoms with E-state index in [4.69, 9.17) is 14.9 Å². The summed E-state index contributed by atoms with van der Waals surface area (Å²) in [4.78, 5) is 49.2. The van der Waals surface area contributed by atoms with Gasteiger partial charge in [0.25, 0.3) is 5.91 Å². The SMILES string of the molecule is COCCN1CC(C(=O)Nc2oc(C)c(C(C)=O)c2C(N)=O)CC1=O. The number of hydrogen-bond donors (Lipinski definition) is 2. The summed E-state index contributed by atoms with van der Waals surface area (Å²) in [7, 11) is 1.53. The van der Waals surface area contributed by atoms with Gasteiger partial charge in [-0.05, 0) is 13.8 Å². The Morgan fingerprint density at radius 3 is 2.60 bits per heavy atom. The van der Waals surface area contributed by atoms with Gasteiger partial charge in [-0.1, -0.05) is 0 Å². The van der Waals surface area contributed by atoms with E-state index in [1.165, 1.54) is 25.9 Å². The summed E-state index contributed by atoms with van der Waals surface area (Å²) in [6.07, 6.45) is 0.0563. The second-order valence-corrected chi connectivity index (χ2v) is 5.88. The summed E-state index contributed by atoms with van der Waals surface area (Å²) in [5.74, 6) is -2.44. The Balaban J connectivity index is 2.16. The molecule has 1 aliphatic heterocycles. The summed E-state index contributed by atoms with van der Waals surface area (Å²) < 4.78 is 10.3. The van der Waals surface area contributed by atoms with Gasteiger partial charge >= 0.3 is 0 Å². The topological polar surface area (TPSA) is 132 Å². The van der Waals surface area contributed by atoms with E-state index in [1.807, 2.05) is 0 Å². The Hall–Kier alpha value is -2.68. The van der Waals surface area contributed by atoms with Crippen LogP contribution in [0.1, 0.15) is 39.8 Å². The Morgan fingerprint density at radius 1 is 1.36 bits per heavy atom. The number of aryl methyl sites for hydroxylation is 1. The van der Waals surface area contributed by atoms with Crippen molar-refractivity contribution in [2.75, 3.05) is 32.1 Å². The normalized spacial score (nSPS) is 17.0. The number of ketones is 1. The second-order valence-electron chi connectivity index (χ2n) is 5.88. The van der Waals surface area contributed by atoms with Gasteiger partial charge in [0, 0.05) is 26.6 Å². The van der Waals surface area contributed by atoms with Crippen LogP contribution in [-0.2, 0) is 14.3 Å². The molecule has 0 spiro atoms. The lowest BCUT2D eigenvalue weighted by molar-refractivity contribution is -0.128. The minimum Gasteiger partial charge on any atom is -0.444 e. The van der Waals surface area contributed by atoms with E-state index in [9.17, 15) is 19.2 Å². The van der Waals surface area contributed by atoms with E-state index in [2.05, 4.69) is 5.32 Å². The average Bonchev–Trinajstić information content (AvgIpc) is 3.05. The van der Waals surface area contributed by atoms with Crippen LogP contribution >= 0.6 is 0 Å². The first-order valence-electron chi connectivity index (χ1n) is 7.78. The first-order valence-corrected chi connectivity index (χ1v) is 7.78. The van der Waals surface area contributed by atoms with Crippen LogP contribution in [0.25, 0.3) is 0 Å². The van der Waals surface area contributed by atoms with Crippen LogP contribution in [0.5, 0.6) is 0 Å². The number of amides is 3. The predicted molar refractivity (Wildman–Crippen MR) is 87.2 cm³/mol. The van der Waals surface area contributed by atoms with Crippen molar-refractivity contribution in [2.45, 2.75) is 20.3 Å². The Morgan fingerprint density at radius 2 is 2.04 bits per heavy atom. The summed E-state index contributed by atoms with van der Waals surface area (Å²) in [5.41, 5.74) is 5.21. The molecule has 3 N–H and O–H groups in total. The summed E-state index contributed by atoms with van der Waals surface area (Å²) in [5, 5.41) is 2.48. The summed E-state index contributed by atoms with van der Waals surface area (Å²) >= 11 is 0. The van der Waals surface area contributed by atoms with Crippen molar-refractivity contribution in [3.05, 3.63) is 16.9 Å². The van der Waals surface area contributed by atoms with Gasteiger partial charge in [-0.3, -0.25) is 24.5 Å². The number of carbonyl (C=O) groups excluding carboxylic acids is 4. The van der Waals surface area contributed by atoms with Crippen LogP contribution in [0.4, 0.5) is 5.88 Å². The van der Waals surface area contributed by atoms with Gasteiger partial charge in [0.1, 0.15) is 11.3 Å². The highest BCUT2D eigenvalue weighted by atomic mass is 16.5. The highest BCUT2D eigenvalue weighted by molar-refractivity contribution is 6.12. The molecule has 0 bridgehead atoms. The predicted octanol–water partition coefficient (Wildman–Crippen LogP) is 0.323. The van der Waals surface area contributed by atoms with Crippen molar-refractivity contribution in [3.63, 3.8) is 0 Å². The lowest BCUT2D eigenvalue weighted by Crippen LogP contribution is -2.31. The molecule has 0 saturated carbocycles. The number of primary amides is 1. The number of ether oxygens (including phenoxy) is 1. The third kappa shape index (κ3) is 3.87. The molecule has 9 heteroatoms. The third-order valence-electron chi connectivity index (χ3n) is 4.07. The highest BCUT2D eigenvalue weighted by Gasteiger charge is 2.35. The number of furan rings is 1. The van der Waals surface area contributed by atoms with E-state index in [1.54, 1.807) is 0 Å². The molecule has 0 radical (unpaired) electrons. The Bertz CT molecular complexity index is 724. The lowest BCUT2D eigenvalue weighted by atomic mass is 10.1. The quantitative estimate of drug-likeness (QED) is 0.680. The molecule has 1 saturated heterocycles. The molecule has 25 heavy (non-hydrogen) atoms. The minimum absolute atomic E-state index is 0.0482. The highest BCUT2D eigenvalue weighted by Crippen LogP contribution is 2.28. The van der Waals surface area contributed by atoms with E-state index >= 15 is 0 Å². The molecule has 1 aromatic rings. The molecule has 1 aliphatic rings. The van der Waals surface area contributed by atoms with Crippen molar-refractivity contribution < 1.29 is 28.3 Å². The van der Waals surface area contributed by atoms with Crippen LogP contribution in [0.2, 0.25) is 0 Å². The molecular weight excluding hydrogens is 330 g/mol. The van der Waals surface area contributed by atoms with Gasteiger partial charge in [0.05, 0.1) is 18.1 Å². The van der Waals surface area contributed by atoms with E-state index < -0.39 is 23.5 Å². The Kier molecular flexibility index (Phi) is 5.58. The smallest absolute Gasteiger partial charge is 0.255 e. The number of nitrogens with two attached hydrogens (primary N) is 1. The van der Waals surface area contributed by atoms with Gasteiger partial charge in [-0.15, -0.1) is 0 Å². The summed E-state index contributed by atoms with van der Waals surface area (Å²) in [6, 6.07) is 0. The molecule has 3 amide bonds. The fraction of sp³-hybridized carbons (Fsp3) is 0.500. The molecule has 1 atom stereocenters. The molecular formula is C16H21N3O6. The molecule has 2 heterocycles. The number of anilines is 1. The lowest BCUT2D eigenvalue weighted by Gasteiger charge is -2.15. The number of carbonyl (C=O) groups is 4. The van der Waals surface area contributed by atoms with Crippen molar-refractivity contribution in [1.29, 1.82) is 0 Å². The first-order chi connectivity index (χ1) is 11.8. The number of Topliss-reactive ketones (excluding diaryl/α,β-unsaturated/α-hetero) is 1. The molecule has 0 aliphatic carbocycles. The van der Waals surface area contributed by atoms with Crippen molar-refractivity contribution >= 4 is 29.4 Å². The standard InChI is InChI=1S/C16H21N3O6/c1-8(20)12-9(2)25-16(13(12)14(17)22)18-15(23)10-6-11(21)19(7-10)4-5-24-3/h10H,4-7H2,1-3H3,(H2,17,22)(H,18,23). The van der Waals surface area contributed by atoms with Crippen LogP contribution < -0.4 is 11.1 Å². The molecule has 136 valence electrons. The largest absolute Gasteiger partial charge is 0.444 e. The Labute approximate surface area is 144 Å². The maximum atomic E-state index is 12.4. The molecule has 1 aromatic heterocycles. The van der Waals surface area contributed by atoms with Crippen LogP contribution in [0.15, 0.2) is 4.42 Å². The molecule has 1 fully saturated rings. The van der Waals surface area contributed by atoms with Crippen LogP contribution in [0, 0.1) is 12.8 Å². The fourth-order valence-electron chi connectivity index (χ4n) is 2.87. The zero-order valence-corrected chi connectivity index (χ0v) is 14.4. The zero-order chi connectivity index (χ0) is 18.7. The van der Waals surface area contributed by atoms with Gasteiger partial charge in [-0.2, -0.15) is 0 Å².